The van der Waals surface area contributed by atoms with Gasteiger partial charge in [0, 0.05) is 71.7 Å². The third kappa shape index (κ3) is 13.9. The van der Waals surface area contributed by atoms with E-state index in [1.165, 1.54) is 67.9 Å². The number of phenolic OH excluding ortho intramolecular Hbond substituents is 2. The van der Waals surface area contributed by atoms with Crippen molar-refractivity contribution < 1.29 is 126 Å². The number of carbonyl (C=O) groups is 4. The number of esters is 2. The second-order valence-corrected chi connectivity index (χ2v) is 23.1. The summed E-state index contributed by atoms with van der Waals surface area (Å²) in [6, 6.07) is 3.04. The van der Waals surface area contributed by atoms with E-state index in [1.807, 2.05) is 0 Å². The van der Waals surface area contributed by atoms with Crippen molar-refractivity contribution in [2.75, 3.05) is 14.2 Å². The molecular formula is C57H82O26. The molecule has 6 aliphatic rings. The van der Waals surface area contributed by atoms with E-state index in [4.69, 9.17) is 66.3 Å². The molecule has 2 aromatic rings. The molecule has 26 nitrogen and oxygen atoms in total. The van der Waals surface area contributed by atoms with Gasteiger partial charge >= 0.3 is 11.9 Å². The molecule has 8 N–H and O–H groups in total. The summed E-state index contributed by atoms with van der Waals surface area (Å²) in [4.78, 5) is 53.2. The maximum Gasteiger partial charge on any atom is 0.303 e. The minimum Gasteiger partial charge on any atom is -0.507 e. The number of benzene rings is 2. The lowest BCUT2D eigenvalue weighted by molar-refractivity contribution is -0.334. The van der Waals surface area contributed by atoms with E-state index in [-0.39, 0.29) is 71.7 Å². The molecular weight excluding hydrogens is 1100 g/mol. The fourth-order valence-electron chi connectivity index (χ4n) is 12.4. The lowest BCUT2D eigenvalue weighted by Crippen LogP contribution is -2.59. The molecule has 5 fully saturated rings. The third-order valence-corrected chi connectivity index (χ3v) is 16.6. The molecule has 2 aromatic carbocycles. The van der Waals surface area contributed by atoms with E-state index in [0.717, 1.165) is 0 Å². The monoisotopic (exact) mass is 1180 g/mol. The number of ketones is 2. The van der Waals surface area contributed by atoms with Crippen LogP contribution >= 0.6 is 0 Å². The number of ether oxygens (including phenoxy) is 14. The lowest BCUT2D eigenvalue weighted by Gasteiger charge is -2.46. The first kappa shape index (κ1) is 64.7. The highest BCUT2D eigenvalue weighted by atomic mass is 16.7. The van der Waals surface area contributed by atoms with Gasteiger partial charge in [-0.3, -0.25) is 19.2 Å². The zero-order valence-corrected chi connectivity index (χ0v) is 48.7. The van der Waals surface area contributed by atoms with Gasteiger partial charge in [0.05, 0.1) is 65.9 Å². The molecule has 25 atom stereocenters. The Bertz CT molecular complexity index is 2620. The van der Waals surface area contributed by atoms with Crippen LogP contribution in [-0.4, -0.2) is 225 Å². The van der Waals surface area contributed by atoms with Gasteiger partial charge < -0.3 is 107 Å². The van der Waals surface area contributed by atoms with Crippen LogP contribution in [0.3, 0.4) is 0 Å². The number of phenols is 2. The maximum atomic E-state index is 15.1. The molecule has 83 heavy (non-hydrogen) atoms. The summed E-state index contributed by atoms with van der Waals surface area (Å²) in [5.74, 6) is -5.32. The van der Waals surface area contributed by atoms with E-state index < -0.39 is 188 Å². The number of rotatable bonds is 18. The van der Waals surface area contributed by atoms with Gasteiger partial charge in [-0.2, -0.15) is 0 Å². The Morgan fingerprint density at radius 2 is 1.22 bits per heavy atom. The summed E-state index contributed by atoms with van der Waals surface area (Å²) < 4.78 is 84.2. The zero-order chi connectivity index (χ0) is 60.8. The number of aromatic hydroxyl groups is 2. The Morgan fingerprint density at radius 1 is 0.687 bits per heavy atom. The summed E-state index contributed by atoms with van der Waals surface area (Å²) in [6.45, 7) is 14.8. The molecule has 0 spiro atoms. The number of fused-ring (bicyclic) bond motifs is 2. The van der Waals surface area contributed by atoms with Gasteiger partial charge in [-0.05, 0) is 84.9 Å². The zero-order valence-electron chi connectivity index (χ0n) is 48.7. The minimum atomic E-state index is -1.96. The molecule has 26 heteroatoms. The number of Topliss-reactive ketones (excluding diaryl/α,β-unsaturated/α-hetero) is 2. The molecule has 0 unspecified atom stereocenters. The van der Waals surface area contributed by atoms with E-state index in [1.54, 1.807) is 27.7 Å². The molecule has 5 saturated heterocycles. The van der Waals surface area contributed by atoms with Crippen LogP contribution in [0.5, 0.6) is 17.2 Å². The average molecular weight is 1180 g/mol. The van der Waals surface area contributed by atoms with Crippen LogP contribution < -0.4 is 4.74 Å². The van der Waals surface area contributed by atoms with Crippen LogP contribution in [0.1, 0.15) is 116 Å². The largest absolute Gasteiger partial charge is 0.507 e. The number of aliphatic hydroxyl groups excluding tert-OH is 5. The average Bonchev–Trinajstić information content (AvgIpc) is 3.47. The molecule has 0 saturated carbocycles. The first-order chi connectivity index (χ1) is 39.0. The van der Waals surface area contributed by atoms with Crippen molar-refractivity contribution in [2.45, 2.75) is 255 Å². The Morgan fingerprint density at radius 3 is 1.78 bits per heavy atom. The van der Waals surface area contributed by atoms with Crippen molar-refractivity contribution in [2.24, 2.45) is 5.92 Å². The number of methoxy groups -OCH3 is 2. The predicted octanol–water partition coefficient (Wildman–Crippen LogP) is 1.55. The van der Waals surface area contributed by atoms with Crippen molar-refractivity contribution in [1.82, 2.24) is 0 Å². The van der Waals surface area contributed by atoms with Crippen molar-refractivity contribution >= 4 is 34.3 Å². The first-order valence-corrected chi connectivity index (χ1v) is 28.2. The summed E-state index contributed by atoms with van der Waals surface area (Å²) in [6.07, 6.45) is -25.9. The van der Waals surface area contributed by atoms with Gasteiger partial charge in [0.15, 0.2) is 48.9 Å². The topological polar surface area (TPSA) is 359 Å². The Balaban J connectivity index is 1.04. The highest BCUT2D eigenvalue weighted by molar-refractivity contribution is 6.11. The van der Waals surface area contributed by atoms with E-state index in [0.29, 0.717) is 0 Å². The molecule has 1 aliphatic carbocycles. The third-order valence-electron chi connectivity index (χ3n) is 16.6. The van der Waals surface area contributed by atoms with E-state index >= 15 is 4.79 Å². The molecule has 5 aliphatic heterocycles. The van der Waals surface area contributed by atoms with Gasteiger partial charge in [0.1, 0.15) is 65.6 Å². The normalized spacial score (nSPS) is 39.7. The summed E-state index contributed by atoms with van der Waals surface area (Å²) in [7, 11) is 2.64. The van der Waals surface area contributed by atoms with Crippen LogP contribution in [0.25, 0.3) is 10.8 Å². The van der Waals surface area contributed by atoms with Gasteiger partial charge in [-0.15, -0.1) is 0 Å². The smallest absolute Gasteiger partial charge is 0.303 e. The standard InChI is InChI=1S/C57H82O26/c1-21-34(79-40-19-37(53(26(6)75-40)77-28(8)59)82-38-16-33(61)52(70-11)25(5)74-38)15-31-13-30-14-32(54(71-12)51(68)46(63)22(2)58)55(50(67)44(30)49(66)43(31)45(21)62)83-41-18-35(47(64)24(4)73-41)80-39-17-36(48(65)23(3)72-39)81-42-20-57(10,69)56(27(7)76-42)78-29(9)60/h13,15,22-27,32-33,35-42,46-48,52-56,58,61-66,69H,14,16-20H2,1-12H3/t22-,23-,24+,25+,26-,27-,32-,33-,35+,36-,37-,38-,39-,40-,41+,42-,46-,47+,48-,52+,53-,54+,55-,56-,57+/m1/s1. The highest BCUT2D eigenvalue weighted by Gasteiger charge is 2.52. The lowest BCUT2D eigenvalue weighted by atomic mass is 9.75. The van der Waals surface area contributed by atoms with E-state index in [2.05, 4.69) is 0 Å². The number of carbonyl (C=O) groups excluding carboxylic acids is 4. The number of aliphatic hydroxyl groups is 6. The van der Waals surface area contributed by atoms with Crippen LogP contribution in [0.2, 0.25) is 0 Å². The van der Waals surface area contributed by atoms with Crippen molar-refractivity contribution in [3.8, 4) is 17.2 Å². The molecule has 8 rings (SSSR count). The maximum absolute atomic E-state index is 15.1. The first-order valence-electron chi connectivity index (χ1n) is 28.2. The van der Waals surface area contributed by atoms with Crippen LogP contribution in [-0.2, 0) is 82.4 Å². The Labute approximate surface area is 480 Å². The van der Waals surface area contributed by atoms with Gasteiger partial charge in [0.25, 0.3) is 0 Å². The number of hydrogen-bond acceptors (Lipinski definition) is 26. The molecule has 0 amide bonds. The molecule has 0 radical (unpaired) electrons. The van der Waals surface area contributed by atoms with Gasteiger partial charge in [0.2, 0.25) is 6.29 Å². The van der Waals surface area contributed by atoms with Crippen molar-refractivity contribution in [3.63, 3.8) is 0 Å². The SMILES string of the molecule is CO[C@@H]1[C@H](O)C[C@@H](O[C@@H]2C[C@@H](Oc3cc4cc5c(c(O)c4c(O)c3C)C(=O)[C@H](O[C@H]3C[C@H](O[C@@H]4C[C@@H](O[C@@H]6C[C@](C)(O)[C@H](OC(C)=O)[C@@H](C)O6)[C@H](O)[C@@H](C)O4)[C@@H](O)[C@H](C)O3)[C@@H]([C@H](OC)C(=O)[C@H](O)[C@@H](C)O)C5)O[C@H](C)[C@H]2OC(C)=O)O[C@H]1C. The van der Waals surface area contributed by atoms with Crippen LogP contribution in [0.4, 0.5) is 0 Å². The van der Waals surface area contributed by atoms with Gasteiger partial charge in [-0.25, -0.2) is 0 Å². The highest BCUT2D eigenvalue weighted by Crippen LogP contribution is 2.48. The van der Waals surface area contributed by atoms with Crippen LogP contribution in [0.15, 0.2) is 12.1 Å². The molecule has 0 bridgehead atoms. The molecule has 5 heterocycles. The fourth-order valence-corrected chi connectivity index (χ4v) is 12.4. The Kier molecular flexibility index (Phi) is 20.5. The molecule has 466 valence electrons. The quantitative estimate of drug-likeness (QED) is 0.0982. The second kappa shape index (κ2) is 26.4. The summed E-state index contributed by atoms with van der Waals surface area (Å²) in [5, 5.41) is 90.1. The fraction of sp³-hybridized carbons (Fsp3) is 0.754. The second-order valence-electron chi connectivity index (χ2n) is 23.1. The number of hydrogen-bond donors (Lipinski definition) is 8. The van der Waals surface area contributed by atoms with Crippen LogP contribution in [0, 0.1) is 12.8 Å². The molecule has 0 aromatic heterocycles. The van der Waals surface area contributed by atoms with Crippen molar-refractivity contribution in [1.29, 1.82) is 0 Å². The van der Waals surface area contributed by atoms with Gasteiger partial charge in [-0.1, -0.05) is 0 Å². The van der Waals surface area contributed by atoms with E-state index in [9.17, 15) is 55.2 Å². The summed E-state index contributed by atoms with van der Waals surface area (Å²) >= 11 is 0. The minimum absolute atomic E-state index is 0.0251. The summed E-state index contributed by atoms with van der Waals surface area (Å²) in [5.41, 5.74) is -1.51. The predicted molar refractivity (Wildman–Crippen MR) is 282 cm³/mol. The Hall–Kier alpha value is -4.30. The van der Waals surface area contributed by atoms with Crippen molar-refractivity contribution in [3.05, 3.63) is 28.8 Å².